The Morgan fingerprint density at radius 3 is 2.31 bits per heavy atom. The summed E-state index contributed by atoms with van der Waals surface area (Å²) >= 11 is 1.46. The van der Waals surface area contributed by atoms with Crippen molar-refractivity contribution in [1.29, 1.82) is 0 Å². The molecule has 1 aromatic heterocycles. The molecule has 0 aromatic carbocycles. The molecule has 1 rings (SSSR count). The average molecular weight is 472 g/mol. The monoisotopic (exact) mass is 471 g/mol. The zero-order chi connectivity index (χ0) is 23.9. The van der Waals surface area contributed by atoms with Gasteiger partial charge in [-0.25, -0.2) is 9.78 Å². The highest BCUT2D eigenvalue weighted by molar-refractivity contribution is 7.98. The summed E-state index contributed by atoms with van der Waals surface area (Å²) < 4.78 is 0. The third kappa shape index (κ3) is 10.1. The van der Waals surface area contributed by atoms with Crippen LogP contribution in [-0.2, 0) is 25.6 Å². The molecule has 9 N–H and O–H groups in total. The molecule has 3 amide bonds. The fourth-order valence-corrected chi connectivity index (χ4v) is 3.35. The minimum Gasteiger partial charge on any atom is -0.480 e. The lowest BCUT2D eigenvalue weighted by Crippen LogP contribution is -2.57. The standard InChI is InChI=1S/C19H33N7O5S/c1-32-7-5-14(19(30)31)25-18(29)15(8-12-10-22-11-23-12)26-17(28)13(4-2-3-6-20)24-16(27)9-21/h10-11,13-15H,2-9,20-21H2,1H3,(H,22,23)(H,24,27)(H,25,29)(H,26,28)(H,30,31). The highest BCUT2D eigenvalue weighted by Gasteiger charge is 2.29. The van der Waals surface area contributed by atoms with E-state index in [0.717, 1.165) is 0 Å². The Kier molecular flexibility index (Phi) is 13.0. The highest BCUT2D eigenvalue weighted by atomic mass is 32.2. The SMILES string of the molecule is CSCCC(NC(=O)C(Cc1cnc[nH]1)NC(=O)C(CCCCN)NC(=O)CN)C(=O)O. The van der Waals surface area contributed by atoms with Gasteiger partial charge in [-0.15, -0.1) is 0 Å². The second kappa shape index (κ2) is 15.2. The molecule has 0 aliphatic rings. The summed E-state index contributed by atoms with van der Waals surface area (Å²) in [6.45, 7) is 0.158. The molecule has 1 heterocycles. The number of unbranched alkanes of at least 4 members (excludes halogenated alkanes) is 1. The topological polar surface area (TPSA) is 205 Å². The van der Waals surface area contributed by atoms with Crippen LogP contribution in [-0.4, -0.2) is 82.0 Å². The van der Waals surface area contributed by atoms with E-state index in [1.54, 1.807) is 0 Å². The maximum absolute atomic E-state index is 12.9. The molecule has 3 unspecified atom stereocenters. The number of hydrogen-bond donors (Lipinski definition) is 7. The van der Waals surface area contributed by atoms with Crippen LogP contribution >= 0.6 is 11.8 Å². The minimum atomic E-state index is -1.16. The summed E-state index contributed by atoms with van der Waals surface area (Å²) in [5.41, 5.74) is 11.4. The van der Waals surface area contributed by atoms with E-state index in [1.807, 2.05) is 6.26 Å². The zero-order valence-corrected chi connectivity index (χ0v) is 19.0. The van der Waals surface area contributed by atoms with Gasteiger partial charge < -0.3 is 37.5 Å². The van der Waals surface area contributed by atoms with Crippen molar-refractivity contribution in [3.8, 4) is 0 Å². The Hall–Kier alpha value is -2.64. The molecular weight excluding hydrogens is 438 g/mol. The smallest absolute Gasteiger partial charge is 0.326 e. The number of amides is 3. The molecule has 1 aromatic rings. The van der Waals surface area contributed by atoms with Crippen LogP contribution in [0.25, 0.3) is 0 Å². The second-order valence-corrected chi connectivity index (χ2v) is 8.12. The molecule has 0 aliphatic carbocycles. The van der Waals surface area contributed by atoms with Gasteiger partial charge in [0.15, 0.2) is 0 Å². The maximum atomic E-state index is 12.9. The number of carboxylic acids is 1. The highest BCUT2D eigenvalue weighted by Crippen LogP contribution is 2.06. The number of nitrogens with two attached hydrogens (primary N) is 2. The number of hydrogen-bond acceptors (Lipinski definition) is 8. The Morgan fingerprint density at radius 2 is 1.75 bits per heavy atom. The first-order valence-electron chi connectivity index (χ1n) is 10.3. The molecule has 3 atom stereocenters. The Bertz CT molecular complexity index is 732. The number of H-pyrrole nitrogens is 1. The van der Waals surface area contributed by atoms with Gasteiger partial charge in [0.25, 0.3) is 0 Å². The molecule has 0 saturated heterocycles. The molecule has 180 valence electrons. The van der Waals surface area contributed by atoms with Gasteiger partial charge in [0.1, 0.15) is 18.1 Å². The van der Waals surface area contributed by atoms with Crippen molar-refractivity contribution in [3.63, 3.8) is 0 Å². The number of carbonyl (C=O) groups is 4. The number of rotatable bonds is 16. The summed E-state index contributed by atoms with van der Waals surface area (Å²) in [6, 6.07) is -3.07. The van der Waals surface area contributed by atoms with Crippen LogP contribution < -0.4 is 27.4 Å². The van der Waals surface area contributed by atoms with E-state index in [1.165, 1.54) is 24.3 Å². The normalized spacial score (nSPS) is 13.6. The molecule has 0 aliphatic heterocycles. The number of nitrogens with one attached hydrogen (secondary N) is 4. The van der Waals surface area contributed by atoms with Gasteiger partial charge in [-0.3, -0.25) is 14.4 Å². The van der Waals surface area contributed by atoms with Crippen molar-refractivity contribution in [2.45, 2.75) is 50.2 Å². The lowest BCUT2D eigenvalue weighted by atomic mass is 10.1. The van der Waals surface area contributed by atoms with Crippen molar-refractivity contribution in [2.24, 2.45) is 11.5 Å². The van der Waals surface area contributed by atoms with Crippen molar-refractivity contribution in [1.82, 2.24) is 25.9 Å². The van der Waals surface area contributed by atoms with Crippen molar-refractivity contribution >= 4 is 35.5 Å². The van der Waals surface area contributed by atoms with Gasteiger partial charge >= 0.3 is 5.97 Å². The number of carbonyl (C=O) groups excluding carboxylic acids is 3. The van der Waals surface area contributed by atoms with E-state index in [2.05, 4.69) is 25.9 Å². The van der Waals surface area contributed by atoms with Crippen LogP contribution in [0.4, 0.5) is 0 Å². The first-order valence-corrected chi connectivity index (χ1v) is 11.7. The van der Waals surface area contributed by atoms with Crippen LogP contribution in [0, 0.1) is 0 Å². The number of imidazole rings is 1. The van der Waals surface area contributed by atoms with Crippen LogP contribution in [0.15, 0.2) is 12.5 Å². The van der Waals surface area contributed by atoms with Crippen molar-refractivity contribution in [2.75, 3.05) is 25.1 Å². The number of aromatic amines is 1. The van der Waals surface area contributed by atoms with E-state index in [9.17, 15) is 24.3 Å². The van der Waals surface area contributed by atoms with Crippen molar-refractivity contribution in [3.05, 3.63) is 18.2 Å². The van der Waals surface area contributed by atoms with Gasteiger partial charge in [0.2, 0.25) is 17.7 Å². The number of thioether (sulfide) groups is 1. The number of aromatic nitrogens is 2. The average Bonchev–Trinajstić information content (AvgIpc) is 3.28. The summed E-state index contributed by atoms with van der Waals surface area (Å²) in [4.78, 5) is 55.8. The summed E-state index contributed by atoms with van der Waals surface area (Å²) in [5.74, 6) is -2.33. The van der Waals surface area contributed by atoms with Crippen molar-refractivity contribution < 1.29 is 24.3 Å². The van der Waals surface area contributed by atoms with Crippen LogP contribution in [0.2, 0.25) is 0 Å². The van der Waals surface area contributed by atoms with Gasteiger partial charge in [-0.05, 0) is 44.2 Å². The Morgan fingerprint density at radius 1 is 1.06 bits per heavy atom. The molecule has 0 spiro atoms. The van der Waals surface area contributed by atoms with Gasteiger partial charge in [0.05, 0.1) is 12.9 Å². The van der Waals surface area contributed by atoms with Crippen LogP contribution in [0.5, 0.6) is 0 Å². The fourth-order valence-electron chi connectivity index (χ4n) is 2.88. The lowest BCUT2D eigenvalue weighted by Gasteiger charge is -2.24. The predicted molar refractivity (Wildman–Crippen MR) is 121 cm³/mol. The Balaban J connectivity index is 2.96. The first-order chi connectivity index (χ1) is 15.3. The van der Waals surface area contributed by atoms with E-state index in [0.29, 0.717) is 37.3 Å². The number of carboxylic acid groups (broad SMARTS) is 1. The molecule has 0 bridgehead atoms. The van der Waals surface area contributed by atoms with Crippen LogP contribution in [0.1, 0.15) is 31.4 Å². The first kappa shape index (κ1) is 27.4. The minimum absolute atomic E-state index is 0.0623. The fraction of sp³-hybridized carbons (Fsp3) is 0.632. The summed E-state index contributed by atoms with van der Waals surface area (Å²) in [5, 5.41) is 17.1. The van der Waals surface area contributed by atoms with E-state index >= 15 is 0 Å². The molecule has 32 heavy (non-hydrogen) atoms. The van der Waals surface area contributed by atoms with E-state index in [-0.39, 0.29) is 19.4 Å². The zero-order valence-electron chi connectivity index (χ0n) is 18.1. The quantitative estimate of drug-likeness (QED) is 0.137. The second-order valence-electron chi connectivity index (χ2n) is 7.13. The molecule has 13 heteroatoms. The number of aliphatic carboxylic acids is 1. The lowest BCUT2D eigenvalue weighted by molar-refractivity contribution is -0.142. The van der Waals surface area contributed by atoms with Crippen LogP contribution in [0.3, 0.4) is 0 Å². The molecule has 0 fully saturated rings. The molecular formula is C19H33N7O5S. The van der Waals surface area contributed by atoms with Gasteiger partial charge in [-0.1, -0.05) is 0 Å². The van der Waals surface area contributed by atoms with E-state index in [4.69, 9.17) is 11.5 Å². The molecule has 12 nitrogen and oxygen atoms in total. The third-order valence-electron chi connectivity index (χ3n) is 4.62. The summed E-state index contributed by atoms with van der Waals surface area (Å²) in [7, 11) is 0. The predicted octanol–water partition coefficient (Wildman–Crippen LogP) is -1.67. The van der Waals surface area contributed by atoms with Gasteiger partial charge in [-0.2, -0.15) is 11.8 Å². The number of nitrogens with zero attached hydrogens (tertiary/aromatic N) is 1. The largest absolute Gasteiger partial charge is 0.480 e. The maximum Gasteiger partial charge on any atom is 0.326 e. The molecule has 0 radical (unpaired) electrons. The van der Waals surface area contributed by atoms with E-state index < -0.39 is 41.8 Å². The van der Waals surface area contributed by atoms with Gasteiger partial charge in [0, 0.05) is 18.3 Å². The molecule has 0 saturated carbocycles. The summed E-state index contributed by atoms with van der Waals surface area (Å²) in [6.07, 6.45) is 6.64. The third-order valence-corrected chi connectivity index (χ3v) is 5.27. The Labute approximate surface area is 191 Å².